The highest BCUT2D eigenvalue weighted by molar-refractivity contribution is 8.01. The predicted molar refractivity (Wildman–Crippen MR) is 71.3 cm³/mol. The average molecular weight is 283 g/mol. The molecule has 7 heteroatoms. The number of aliphatic carboxylic acids is 1. The highest BCUT2D eigenvalue weighted by atomic mass is 32.2. The van der Waals surface area contributed by atoms with Crippen LogP contribution >= 0.6 is 11.8 Å². The first kappa shape index (κ1) is 16.7. The van der Waals surface area contributed by atoms with E-state index in [4.69, 9.17) is 5.11 Å². The highest BCUT2D eigenvalue weighted by Crippen LogP contribution is 2.22. The lowest BCUT2D eigenvalue weighted by Crippen LogP contribution is -2.49. The minimum atomic E-state index is -2.94. The molecule has 0 aromatic rings. The first-order valence-electron chi connectivity index (χ1n) is 5.32. The lowest BCUT2D eigenvalue weighted by atomic mass is 9.97. The van der Waals surface area contributed by atoms with Crippen LogP contribution in [0.3, 0.4) is 0 Å². The van der Waals surface area contributed by atoms with Gasteiger partial charge in [0.05, 0.1) is 5.75 Å². The summed E-state index contributed by atoms with van der Waals surface area (Å²) in [6.07, 6.45) is 1.65. The van der Waals surface area contributed by atoms with Gasteiger partial charge in [0, 0.05) is 17.3 Å². The van der Waals surface area contributed by atoms with E-state index in [0.29, 0.717) is 12.2 Å². The van der Waals surface area contributed by atoms with E-state index >= 15 is 0 Å². The molecule has 2 N–H and O–H groups in total. The van der Waals surface area contributed by atoms with Gasteiger partial charge >= 0.3 is 5.97 Å². The Morgan fingerprint density at radius 3 is 2.41 bits per heavy atom. The number of hydrogen-bond donors (Lipinski definition) is 2. The molecule has 0 amide bonds. The molecule has 0 heterocycles. The number of likely N-dealkylation sites (N-methyl/N-ethyl adjacent to an activating group) is 1. The van der Waals surface area contributed by atoms with Gasteiger partial charge in [-0.15, -0.1) is 0 Å². The summed E-state index contributed by atoms with van der Waals surface area (Å²) in [4.78, 5) is 11.1. The van der Waals surface area contributed by atoms with Crippen molar-refractivity contribution >= 4 is 27.6 Å². The fourth-order valence-corrected chi connectivity index (χ4v) is 3.78. The molecule has 0 spiro atoms. The molecular formula is C10H21NO4S2. The summed E-state index contributed by atoms with van der Waals surface area (Å²) in [7, 11) is -1.33. The second kappa shape index (κ2) is 6.61. The molecule has 0 aromatic carbocycles. The van der Waals surface area contributed by atoms with Crippen LogP contribution in [0.5, 0.6) is 0 Å². The van der Waals surface area contributed by atoms with Crippen molar-refractivity contribution in [3.05, 3.63) is 0 Å². The van der Waals surface area contributed by atoms with Gasteiger partial charge in [0.15, 0.2) is 0 Å². The van der Waals surface area contributed by atoms with Crippen molar-refractivity contribution in [2.75, 3.05) is 24.8 Å². The van der Waals surface area contributed by atoms with E-state index in [0.717, 1.165) is 0 Å². The normalized spacial score (nSPS) is 17.4. The summed E-state index contributed by atoms with van der Waals surface area (Å²) >= 11 is 1.48. The molecule has 0 bridgehead atoms. The summed E-state index contributed by atoms with van der Waals surface area (Å²) in [5, 5.41) is 11.9. The van der Waals surface area contributed by atoms with Crippen molar-refractivity contribution in [3.63, 3.8) is 0 Å². The van der Waals surface area contributed by atoms with E-state index in [-0.39, 0.29) is 11.0 Å². The van der Waals surface area contributed by atoms with Gasteiger partial charge in [0.25, 0.3) is 0 Å². The average Bonchev–Trinajstić information content (AvgIpc) is 2.15. The van der Waals surface area contributed by atoms with E-state index in [9.17, 15) is 13.2 Å². The van der Waals surface area contributed by atoms with Crippen LogP contribution in [0.1, 0.15) is 20.3 Å². The maximum Gasteiger partial charge on any atom is 0.323 e. The molecular weight excluding hydrogens is 262 g/mol. The Bertz CT molecular complexity index is 355. The summed E-state index contributed by atoms with van der Waals surface area (Å²) in [6.45, 7) is 3.54. The topological polar surface area (TPSA) is 83.5 Å². The second-order valence-corrected chi connectivity index (χ2v) is 8.21. The first-order valence-corrected chi connectivity index (χ1v) is 8.43. The third-order valence-electron chi connectivity index (χ3n) is 2.58. The predicted octanol–water partition coefficient (Wildman–Crippen LogP) is 0.605. The second-order valence-electron chi connectivity index (χ2n) is 4.40. The number of rotatable bonds is 8. The van der Waals surface area contributed by atoms with Gasteiger partial charge in [-0.3, -0.25) is 4.79 Å². The monoisotopic (exact) mass is 283 g/mol. The molecule has 5 nitrogen and oxygen atoms in total. The van der Waals surface area contributed by atoms with Crippen molar-refractivity contribution in [3.8, 4) is 0 Å². The number of nitrogens with one attached hydrogen (secondary N) is 1. The molecule has 0 rings (SSSR count). The SMILES string of the molecule is CNC(C)(CC(C)SCCS(C)(=O)=O)C(=O)O. The van der Waals surface area contributed by atoms with Crippen LogP contribution in [0.25, 0.3) is 0 Å². The smallest absolute Gasteiger partial charge is 0.323 e. The van der Waals surface area contributed by atoms with E-state index < -0.39 is 21.3 Å². The third-order valence-corrected chi connectivity index (χ3v) is 4.96. The van der Waals surface area contributed by atoms with Gasteiger partial charge in [-0.1, -0.05) is 6.92 Å². The Morgan fingerprint density at radius 2 is 2.06 bits per heavy atom. The van der Waals surface area contributed by atoms with Gasteiger partial charge in [-0.25, -0.2) is 8.42 Å². The van der Waals surface area contributed by atoms with Gasteiger partial charge in [-0.2, -0.15) is 11.8 Å². The van der Waals surface area contributed by atoms with E-state index in [1.807, 2.05) is 6.92 Å². The maximum absolute atomic E-state index is 11.1. The Morgan fingerprint density at radius 1 is 1.53 bits per heavy atom. The van der Waals surface area contributed by atoms with Crippen LogP contribution in [-0.4, -0.2) is 55.1 Å². The zero-order valence-corrected chi connectivity index (χ0v) is 12.3. The number of thioether (sulfide) groups is 1. The summed E-state index contributed by atoms with van der Waals surface area (Å²) < 4.78 is 21.9. The van der Waals surface area contributed by atoms with Crippen molar-refractivity contribution < 1.29 is 18.3 Å². The van der Waals surface area contributed by atoms with Crippen LogP contribution in [-0.2, 0) is 14.6 Å². The molecule has 0 radical (unpaired) electrons. The molecule has 102 valence electrons. The van der Waals surface area contributed by atoms with Crippen LogP contribution in [0.2, 0.25) is 0 Å². The van der Waals surface area contributed by atoms with Crippen molar-refractivity contribution in [1.29, 1.82) is 0 Å². The van der Waals surface area contributed by atoms with Gasteiger partial charge in [0.2, 0.25) is 0 Å². The molecule has 2 atom stereocenters. The van der Waals surface area contributed by atoms with Crippen LogP contribution < -0.4 is 5.32 Å². The number of carboxylic acids is 1. The quantitative estimate of drug-likeness (QED) is 0.679. The maximum atomic E-state index is 11.1. The molecule has 0 aromatic heterocycles. The van der Waals surface area contributed by atoms with Crippen molar-refractivity contribution in [2.24, 2.45) is 0 Å². The third kappa shape index (κ3) is 6.90. The summed E-state index contributed by atoms with van der Waals surface area (Å²) in [6, 6.07) is 0. The minimum absolute atomic E-state index is 0.0882. The fourth-order valence-electron chi connectivity index (χ4n) is 1.33. The fraction of sp³-hybridized carbons (Fsp3) is 0.900. The molecule has 0 aliphatic carbocycles. The molecule has 0 aliphatic heterocycles. The van der Waals surface area contributed by atoms with E-state index in [1.54, 1.807) is 14.0 Å². The van der Waals surface area contributed by atoms with Crippen molar-refractivity contribution in [2.45, 2.75) is 31.1 Å². The number of hydrogen-bond acceptors (Lipinski definition) is 5. The zero-order chi connectivity index (χ0) is 13.7. The molecule has 0 saturated carbocycles. The lowest BCUT2D eigenvalue weighted by Gasteiger charge is -2.27. The largest absolute Gasteiger partial charge is 0.480 e. The number of carboxylic acid groups (broad SMARTS) is 1. The Hall–Kier alpha value is -0.270. The lowest BCUT2D eigenvalue weighted by molar-refractivity contribution is -0.144. The van der Waals surface area contributed by atoms with Crippen LogP contribution in [0, 0.1) is 0 Å². The van der Waals surface area contributed by atoms with Gasteiger partial charge < -0.3 is 10.4 Å². The van der Waals surface area contributed by atoms with Gasteiger partial charge in [-0.05, 0) is 20.4 Å². The van der Waals surface area contributed by atoms with E-state index in [1.165, 1.54) is 18.0 Å². The number of sulfone groups is 1. The Kier molecular flexibility index (Phi) is 6.50. The van der Waals surface area contributed by atoms with Crippen LogP contribution in [0.4, 0.5) is 0 Å². The molecule has 0 aliphatic rings. The molecule has 17 heavy (non-hydrogen) atoms. The summed E-state index contributed by atoms with van der Waals surface area (Å²) in [5.41, 5.74) is -0.961. The molecule has 0 fully saturated rings. The zero-order valence-electron chi connectivity index (χ0n) is 10.7. The number of carbonyl (C=O) groups is 1. The van der Waals surface area contributed by atoms with E-state index in [2.05, 4.69) is 5.32 Å². The van der Waals surface area contributed by atoms with Crippen molar-refractivity contribution in [1.82, 2.24) is 5.32 Å². The Balaban J connectivity index is 4.17. The first-order chi connectivity index (χ1) is 7.60. The highest BCUT2D eigenvalue weighted by Gasteiger charge is 2.32. The minimum Gasteiger partial charge on any atom is -0.480 e. The molecule has 0 saturated heterocycles. The van der Waals surface area contributed by atoms with Crippen LogP contribution in [0.15, 0.2) is 0 Å². The molecule has 2 unspecified atom stereocenters. The standard InChI is InChI=1S/C10H21NO4S2/c1-8(16-5-6-17(4,14)15)7-10(2,11-3)9(12)13/h8,11H,5-7H2,1-4H3,(H,12,13). The summed E-state index contributed by atoms with van der Waals surface area (Å²) in [5.74, 6) is -0.263. The van der Waals surface area contributed by atoms with Gasteiger partial charge in [0.1, 0.15) is 15.4 Å². The Labute approximate surface area is 107 Å².